The van der Waals surface area contributed by atoms with E-state index >= 15 is 0 Å². The second-order valence-corrected chi connectivity index (χ2v) is 5.41. The number of para-hydroxylation sites is 2. The Balaban J connectivity index is 2.57. The van der Waals surface area contributed by atoms with Crippen molar-refractivity contribution in [3.8, 4) is 11.5 Å². The van der Waals surface area contributed by atoms with E-state index in [1.807, 2.05) is 24.3 Å². The summed E-state index contributed by atoms with van der Waals surface area (Å²) in [5.74, 6) is 2.22. The lowest BCUT2D eigenvalue weighted by atomic mass is 10.1. The molecule has 1 N–H and O–H groups in total. The van der Waals surface area contributed by atoms with E-state index in [0.29, 0.717) is 18.6 Å². The molecule has 0 bridgehead atoms. The van der Waals surface area contributed by atoms with Crippen LogP contribution in [0.1, 0.15) is 40.5 Å². The molecule has 1 aromatic rings. The average molecular weight is 279 g/mol. The zero-order chi connectivity index (χ0) is 14.8. The van der Waals surface area contributed by atoms with Gasteiger partial charge in [0.2, 0.25) is 0 Å². The second-order valence-electron chi connectivity index (χ2n) is 5.41. The van der Waals surface area contributed by atoms with Crippen molar-refractivity contribution in [3.63, 3.8) is 0 Å². The smallest absolute Gasteiger partial charge is 0.161 e. The molecule has 0 saturated heterocycles. The molecule has 0 aromatic heterocycles. The molecule has 0 heterocycles. The largest absolute Gasteiger partial charge is 0.490 e. The summed E-state index contributed by atoms with van der Waals surface area (Å²) in [5.41, 5.74) is 0. The predicted octanol–water partition coefficient (Wildman–Crippen LogP) is 3.88. The van der Waals surface area contributed by atoms with Gasteiger partial charge in [0.25, 0.3) is 0 Å². The first-order chi connectivity index (χ1) is 9.69. The maximum Gasteiger partial charge on any atom is 0.161 e. The molecule has 0 spiro atoms. The molecule has 3 heteroatoms. The maximum atomic E-state index is 5.97. The van der Waals surface area contributed by atoms with Gasteiger partial charge in [-0.1, -0.05) is 39.8 Å². The number of hydrogen-bond acceptors (Lipinski definition) is 3. The first kappa shape index (κ1) is 16.8. The Hall–Kier alpha value is -1.22. The minimum Gasteiger partial charge on any atom is -0.490 e. The van der Waals surface area contributed by atoms with Gasteiger partial charge in [-0.15, -0.1) is 0 Å². The Bertz CT molecular complexity index is 366. The van der Waals surface area contributed by atoms with Gasteiger partial charge in [0.05, 0.1) is 6.61 Å². The molecule has 0 aliphatic carbocycles. The highest BCUT2D eigenvalue weighted by Crippen LogP contribution is 2.26. The van der Waals surface area contributed by atoms with Crippen molar-refractivity contribution in [2.45, 2.75) is 46.6 Å². The summed E-state index contributed by atoms with van der Waals surface area (Å²) in [5, 5.41) is 3.54. The Morgan fingerprint density at radius 3 is 2.20 bits per heavy atom. The highest BCUT2D eigenvalue weighted by molar-refractivity contribution is 5.39. The first-order valence-electron chi connectivity index (χ1n) is 7.77. The van der Waals surface area contributed by atoms with Crippen molar-refractivity contribution in [2.24, 2.45) is 5.92 Å². The van der Waals surface area contributed by atoms with E-state index in [0.717, 1.165) is 37.5 Å². The average Bonchev–Trinajstić information content (AvgIpc) is 2.45. The van der Waals surface area contributed by atoms with Crippen molar-refractivity contribution in [1.82, 2.24) is 5.32 Å². The Labute approximate surface area is 123 Å². The topological polar surface area (TPSA) is 30.5 Å². The van der Waals surface area contributed by atoms with Crippen LogP contribution in [0.3, 0.4) is 0 Å². The highest BCUT2D eigenvalue weighted by Gasteiger charge is 2.14. The lowest BCUT2D eigenvalue weighted by Gasteiger charge is -2.23. The van der Waals surface area contributed by atoms with E-state index in [1.54, 1.807) is 0 Å². The number of ether oxygens (including phenoxy) is 2. The van der Waals surface area contributed by atoms with E-state index in [9.17, 15) is 0 Å². The molecule has 1 atom stereocenters. The van der Waals surface area contributed by atoms with Crippen LogP contribution in [0.4, 0.5) is 0 Å². The number of benzene rings is 1. The summed E-state index contributed by atoms with van der Waals surface area (Å²) in [7, 11) is 0. The third-order valence-electron chi connectivity index (χ3n) is 3.19. The molecule has 20 heavy (non-hydrogen) atoms. The number of hydrogen-bond donors (Lipinski definition) is 1. The van der Waals surface area contributed by atoms with Gasteiger partial charge >= 0.3 is 0 Å². The molecular weight excluding hydrogens is 250 g/mol. The zero-order valence-corrected chi connectivity index (χ0v) is 13.3. The van der Waals surface area contributed by atoms with Crippen molar-refractivity contribution < 1.29 is 9.47 Å². The maximum absolute atomic E-state index is 5.97. The molecule has 3 nitrogen and oxygen atoms in total. The third kappa shape index (κ3) is 5.83. The van der Waals surface area contributed by atoms with Gasteiger partial charge in [0, 0.05) is 6.04 Å². The summed E-state index contributed by atoms with van der Waals surface area (Å²) >= 11 is 0. The summed E-state index contributed by atoms with van der Waals surface area (Å²) in [6.07, 6.45) is 2.14. The second kappa shape index (κ2) is 9.65. The molecule has 114 valence electrons. The van der Waals surface area contributed by atoms with Crippen LogP contribution in [-0.2, 0) is 0 Å². The first-order valence-corrected chi connectivity index (χ1v) is 7.77. The summed E-state index contributed by atoms with van der Waals surface area (Å²) in [4.78, 5) is 0. The van der Waals surface area contributed by atoms with E-state index in [4.69, 9.17) is 9.47 Å². The Morgan fingerprint density at radius 2 is 1.65 bits per heavy atom. The molecule has 0 fully saturated rings. The van der Waals surface area contributed by atoms with E-state index < -0.39 is 0 Å². The number of nitrogens with one attached hydrogen (secondary N) is 1. The lowest BCUT2D eigenvalue weighted by Crippen LogP contribution is -2.39. The zero-order valence-electron chi connectivity index (χ0n) is 13.3. The van der Waals surface area contributed by atoms with Gasteiger partial charge < -0.3 is 14.8 Å². The molecule has 0 aliphatic rings. The molecule has 1 aromatic carbocycles. The fraction of sp³-hybridized carbons (Fsp3) is 0.647. The van der Waals surface area contributed by atoms with Gasteiger partial charge in [-0.25, -0.2) is 0 Å². The predicted molar refractivity (Wildman–Crippen MR) is 84.6 cm³/mol. The summed E-state index contributed by atoms with van der Waals surface area (Å²) < 4.78 is 11.7. The van der Waals surface area contributed by atoms with E-state index in [1.165, 1.54) is 0 Å². The minimum atomic E-state index is 0.370. The molecule has 0 saturated carbocycles. The van der Waals surface area contributed by atoms with Crippen LogP contribution in [0.5, 0.6) is 11.5 Å². The van der Waals surface area contributed by atoms with Crippen LogP contribution in [0, 0.1) is 5.92 Å². The molecular formula is C17H29NO2. The molecule has 0 aliphatic heterocycles. The summed E-state index contributed by atoms with van der Waals surface area (Å²) in [6, 6.07) is 8.27. The van der Waals surface area contributed by atoms with Crippen molar-refractivity contribution >= 4 is 0 Å². The third-order valence-corrected chi connectivity index (χ3v) is 3.19. The fourth-order valence-corrected chi connectivity index (χ4v) is 1.90. The van der Waals surface area contributed by atoms with Crippen molar-refractivity contribution in [3.05, 3.63) is 24.3 Å². The quantitative estimate of drug-likeness (QED) is 0.705. The SMILES string of the molecule is CCCNC(COc1ccccc1OCCC)C(C)C. The molecule has 1 rings (SSSR count). The van der Waals surface area contributed by atoms with Crippen LogP contribution < -0.4 is 14.8 Å². The standard InChI is InChI=1S/C17H29NO2/c1-5-11-18-15(14(3)4)13-20-17-10-8-7-9-16(17)19-12-6-2/h7-10,14-15,18H,5-6,11-13H2,1-4H3. The Kier molecular flexibility index (Phi) is 8.12. The molecule has 1 unspecified atom stereocenters. The number of rotatable bonds is 10. The lowest BCUT2D eigenvalue weighted by molar-refractivity contribution is 0.216. The molecule has 0 amide bonds. The van der Waals surface area contributed by atoms with Gasteiger partial charge in [-0.05, 0) is 37.4 Å². The van der Waals surface area contributed by atoms with Gasteiger partial charge in [-0.3, -0.25) is 0 Å². The van der Waals surface area contributed by atoms with E-state index in [2.05, 4.69) is 33.0 Å². The summed E-state index contributed by atoms with van der Waals surface area (Å²) in [6.45, 7) is 11.1. The fourth-order valence-electron chi connectivity index (χ4n) is 1.90. The Morgan fingerprint density at radius 1 is 1.00 bits per heavy atom. The van der Waals surface area contributed by atoms with Gasteiger partial charge in [0.15, 0.2) is 11.5 Å². The van der Waals surface area contributed by atoms with Crippen LogP contribution in [0.15, 0.2) is 24.3 Å². The van der Waals surface area contributed by atoms with E-state index in [-0.39, 0.29) is 0 Å². The van der Waals surface area contributed by atoms with Crippen LogP contribution >= 0.6 is 0 Å². The van der Waals surface area contributed by atoms with Crippen LogP contribution in [-0.4, -0.2) is 25.8 Å². The highest BCUT2D eigenvalue weighted by atomic mass is 16.5. The monoisotopic (exact) mass is 279 g/mol. The van der Waals surface area contributed by atoms with Crippen molar-refractivity contribution in [2.75, 3.05) is 19.8 Å². The van der Waals surface area contributed by atoms with Crippen LogP contribution in [0.25, 0.3) is 0 Å². The van der Waals surface area contributed by atoms with Crippen molar-refractivity contribution in [1.29, 1.82) is 0 Å². The molecule has 0 radical (unpaired) electrons. The minimum absolute atomic E-state index is 0.370. The van der Waals surface area contributed by atoms with Gasteiger partial charge in [-0.2, -0.15) is 0 Å². The normalized spacial score (nSPS) is 12.4. The van der Waals surface area contributed by atoms with Crippen LogP contribution in [0.2, 0.25) is 0 Å². The van der Waals surface area contributed by atoms with Gasteiger partial charge in [0.1, 0.15) is 6.61 Å².